The van der Waals surface area contributed by atoms with E-state index in [1.165, 1.54) is 25.4 Å². The van der Waals surface area contributed by atoms with Crippen LogP contribution in [0, 0.1) is 6.92 Å². The van der Waals surface area contributed by atoms with Crippen LogP contribution in [0.4, 0.5) is 0 Å². The van der Waals surface area contributed by atoms with E-state index in [9.17, 15) is 9.59 Å². The lowest BCUT2D eigenvalue weighted by molar-refractivity contribution is 0.0694. The molecule has 1 aromatic heterocycles. The molecule has 0 aliphatic rings. The maximum Gasteiger partial charge on any atom is 0.339 e. The Morgan fingerprint density at radius 2 is 2.00 bits per heavy atom. The van der Waals surface area contributed by atoms with Gasteiger partial charge in [-0.25, -0.2) is 4.79 Å². The SMILES string of the molecule is CNC(=O)c1cc(Oc2cc(C)ccc2C(=O)O)ccn1. The number of carboxylic acid groups (broad SMARTS) is 1. The van der Waals surface area contributed by atoms with Crippen molar-refractivity contribution in [3.05, 3.63) is 53.3 Å². The summed E-state index contributed by atoms with van der Waals surface area (Å²) >= 11 is 0. The van der Waals surface area contributed by atoms with Crippen LogP contribution in [-0.2, 0) is 0 Å². The first-order valence-corrected chi connectivity index (χ1v) is 6.21. The van der Waals surface area contributed by atoms with Gasteiger partial charge < -0.3 is 15.2 Å². The largest absolute Gasteiger partial charge is 0.478 e. The maximum atomic E-state index is 11.5. The highest BCUT2D eigenvalue weighted by atomic mass is 16.5. The van der Waals surface area contributed by atoms with Crippen molar-refractivity contribution >= 4 is 11.9 Å². The molecule has 0 saturated carbocycles. The van der Waals surface area contributed by atoms with Crippen LogP contribution in [0.25, 0.3) is 0 Å². The van der Waals surface area contributed by atoms with Gasteiger partial charge in [0.1, 0.15) is 22.8 Å². The van der Waals surface area contributed by atoms with Crippen molar-refractivity contribution in [3.8, 4) is 11.5 Å². The molecular formula is C15H14N2O4. The van der Waals surface area contributed by atoms with Crippen LogP contribution in [0.1, 0.15) is 26.4 Å². The molecule has 0 fully saturated rings. The fourth-order valence-electron chi connectivity index (χ4n) is 1.74. The predicted molar refractivity (Wildman–Crippen MR) is 75.8 cm³/mol. The number of aryl methyl sites for hydroxylation is 1. The van der Waals surface area contributed by atoms with Crippen molar-refractivity contribution in [2.75, 3.05) is 7.05 Å². The summed E-state index contributed by atoms with van der Waals surface area (Å²) in [5, 5.41) is 11.6. The second-order valence-corrected chi connectivity index (χ2v) is 4.36. The van der Waals surface area contributed by atoms with Gasteiger partial charge in [0.05, 0.1) is 0 Å². The molecule has 2 N–H and O–H groups in total. The van der Waals surface area contributed by atoms with Gasteiger partial charge in [-0.2, -0.15) is 0 Å². The molecule has 0 aliphatic carbocycles. The summed E-state index contributed by atoms with van der Waals surface area (Å²) in [7, 11) is 1.50. The molecule has 0 saturated heterocycles. The first-order chi connectivity index (χ1) is 10.0. The van der Waals surface area contributed by atoms with E-state index in [1.807, 2.05) is 6.92 Å². The van der Waals surface area contributed by atoms with Crippen molar-refractivity contribution in [3.63, 3.8) is 0 Å². The third kappa shape index (κ3) is 3.36. The predicted octanol–water partition coefficient (Wildman–Crippen LogP) is 2.24. The molecule has 2 aromatic rings. The molecule has 21 heavy (non-hydrogen) atoms. The topological polar surface area (TPSA) is 88.5 Å². The Kier molecular flexibility index (Phi) is 4.18. The van der Waals surface area contributed by atoms with Crippen molar-refractivity contribution in [2.45, 2.75) is 6.92 Å². The number of hydrogen-bond acceptors (Lipinski definition) is 4. The molecule has 1 amide bonds. The van der Waals surface area contributed by atoms with E-state index in [-0.39, 0.29) is 22.9 Å². The van der Waals surface area contributed by atoms with Crippen molar-refractivity contribution < 1.29 is 19.4 Å². The van der Waals surface area contributed by atoms with E-state index in [0.29, 0.717) is 5.75 Å². The number of aromatic carboxylic acids is 1. The molecule has 0 atom stereocenters. The second-order valence-electron chi connectivity index (χ2n) is 4.36. The molecule has 0 radical (unpaired) electrons. The highest BCUT2D eigenvalue weighted by Gasteiger charge is 2.13. The summed E-state index contributed by atoms with van der Waals surface area (Å²) in [4.78, 5) is 26.6. The average Bonchev–Trinajstić information content (AvgIpc) is 2.46. The molecule has 0 aliphatic heterocycles. The third-order valence-corrected chi connectivity index (χ3v) is 2.79. The molecule has 0 bridgehead atoms. The van der Waals surface area contributed by atoms with E-state index in [4.69, 9.17) is 9.84 Å². The van der Waals surface area contributed by atoms with Gasteiger partial charge >= 0.3 is 5.97 Å². The zero-order valence-corrected chi connectivity index (χ0v) is 11.6. The van der Waals surface area contributed by atoms with Gasteiger partial charge in [0, 0.05) is 19.3 Å². The fourth-order valence-corrected chi connectivity index (χ4v) is 1.74. The van der Waals surface area contributed by atoms with Crippen LogP contribution in [0.5, 0.6) is 11.5 Å². The summed E-state index contributed by atoms with van der Waals surface area (Å²) in [5.41, 5.74) is 1.12. The van der Waals surface area contributed by atoms with Gasteiger partial charge in [-0.05, 0) is 30.7 Å². The number of benzene rings is 1. The fraction of sp³-hybridized carbons (Fsp3) is 0.133. The zero-order chi connectivity index (χ0) is 15.4. The van der Waals surface area contributed by atoms with E-state index in [0.717, 1.165) is 5.56 Å². The van der Waals surface area contributed by atoms with Crippen LogP contribution < -0.4 is 10.1 Å². The number of pyridine rings is 1. The van der Waals surface area contributed by atoms with E-state index in [1.54, 1.807) is 18.2 Å². The minimum atomic E-state index is -1.08. The summed E-state index contributed by atoms with van der Waals surface area (Å²) in [6.45, 7) is 1.83. The lowest BCUT2D eigenvalue weighted by Crippen LogP contribution is -2.19. The summed E-state index contributed by atoms with van der Waals surface area (Å²) < 4.78 is 5.59. The Labute approximate surface area is 121 Å². The summed E-state index contributed by atoms with van der Waals surface area (Å²) in [6.07, 6.45) is 1.43. The molecule has 1 aromatic carbocycles. The first-order valence-electron chi connectivity index (χ1n) is 6.21. The standard InChI is InChI=1S/C15H14N2O4/c1-9-3-4-11(15(19)20)13(7-9)21-10-5-6-17-12(8-10)14(18)16-2/h3-8H,1-2H3,(H,16,18)(H,19,20). The number of rotatable bonds is 4. The van der Waals surface area contributed by atoms with Crippen molar-refractivity contribution in [2.24, 2.45) is 0 Å². The van der Waals surface area contributed by atoms with E-state index in [2.05, 4.69) is 10.3 Å². The highest BCUT2D eigenvalue weighted by molar-refractivity contribution is 5.92. The van der Waals surface area contributed by atoms with Gasteiger partial charge in [0.15, 0.2) is 0 Å². The Bertz CT molecular complexity index is 698. The number of carboxylic acids is 1. The molecular weight excluding hydrogens is 272 g/mol. The molecule has 6 nitrogen and oxygen atoms in total. The van der Waals surface area contributed by atoms with Gasteiger partial charge in [-0.15, -0.1) is 0 Å². The van der Waals surface area contributed by atoms with Crippen LogP contribution in [0.3, 0.4) is 0 Å². The van der Waals surface area contributed by atoms with Crippen LogP contribution in [0.2, 0.25) is 0 Å². The number of carbonyl (C=O) groups is 2. The zero-order valence-electron chi connectivity index (χ0n) is 11.6. The van der Waals surface area contributed by atoms with Gasteiger partial charge in [-0.3, -0.25) is 9.78 Å². The highest BCUT2D eigenvalue weighted by Crippen LogP contribution is 2.26. The number of ether oxygens (including phenoxy) is 1. The number of nitrogens with one attached hydrogen (secondary N) is 1. The molecule has 0 spiro atoms. The smallest absolute Gasteiger partial charge is 0.339 e. The Morgan fingerprint density at radius 1 is 1.24 bits per heavy atom. The quantitative estimate of drug-likeness (QED) is 0.899. The molecule has 108 valence electrons. The summed E-state index contributed by atoms with van der Waals surface area (Å²) in [5.74, 6) is -0.859. The van der Waals surface area contributed by atoms with Crippen LogP contribution >= 0.6 is 0 Å². The van der Waals surface area contributed by atoms with Crippen molar-refractivity contribution in [1.29, 1.82) is 0 Å². The lowest BCUT2D eigenvalue weighted by atomic mass is 10.1. The van der Waals surface area contributed by atoms with Gasteiger partial charge in [-0.1, -0.05) is 6.07 Å². The Balaban J connectivity index is 2.36. The summed E-state index contributed by atoms with van der Waals surface area (Å²) in [6, 6.07) is 7.81. The van der Waals surface area contributed by atoms with E-state index >= 15 is 0 Å². The van der Waals surface area contributed by atoms with Crippen LogP contribution in [0.15, 0.2) is 36.5 Å². The Morgan fingerprint density at radius 3 is 2.67 bits per heavy atom. The molecule has 2 rings (SSSR count). The number of carbonyl (C=O) groups excluding carboxylic acids is 1. The normalized spacial score (nSPS) is 10.0. The maximum absolute atomic E-state index is 11.5. The monoisotopic (exact) mass is 286 g/mol. The molecule has 6 heteroatoms. The minimum absolute atomic E-state index is 0.0545. The molecule has 1 heterocycles. The van der Waals surface area contributed by atoms with Gasteiger partial charge in [0.2, 0.25) is 0 Å². The van der Waals surface area contributed by atoms with E-state index < -0.39 is 5.97 Å². The number of amides is 1. The number of aromatic nitrogens is 1. The average molecular weight is 286 g/mol. The second kappa shape index (κ2) is 6.04. The minimum Gasteiger partial charge on any atom is -0.478 e. The first kappa shape index (κ1) is 14.5. The number of nitrogens with zero attached hydrogens (tertiary/aromatic N) is 1. The van der Waals surface area contributed by atoms with Gasteiger partial charge in [0.25, 0.3) is 5.91 Å². The lowest BCUT2D eigenvalue weighted by Gasteiger charge is -2.10. The van der Waals surface area contributed by atoms with Crippen LogP contribution in [-0.4, -0.2) is 29.0 Å². The third-order valence-electron chi connectivity index (χ3n) is 2.79. The Hall–Kier alpha value is -2.89. The molecule has 0 unspecified atom stereocenters. The van der Waals surface area contributed by atoms with Crippen molar-refractivity contribution in [1.82, 2.24) is 10.3 Å². The number of hydrogen-bond donors (Lipinski definition) is 2.